The summed E-state index contributed by atoms with van der Waals surface area (Å²) in [7, 11) is 0. The van der Waals surface area contributed by atoms with Crippen LogP contribution >= 0.6 is 11.3 Å². The highest BCUT2D eigenvalue weighted by molar-refractivity contribution is 7.16. The van der Waals surface area contributed by atoms with E-state index >= 15 is 0 Å². The molecular weight excluding hydrogens is 248 g/mol. The smallest absolute Gasteiger partial charge is 0.246 e. The maximum absolute atomic E-state index is 4.90. The predicted octanol–water partition coefficient (Wildman–Crippen LogP) is 2.91. The van der Waals surface area contributed by atoms with E-state index in [1.807, 2.05) is 24.3 Å². The molecule has 0 bridgehead atoms. The van der Waals surface area contributed by atoms with Gasteiger partial charge in [0.05, 0.1) is 11.0 Å². The van der Waals surface area contributed by atoms with Crippen molar-refractivity contribution >= 4 is 32.9 Å². The number of thiazole rings is 1. The van der Waals surface area contributed by atoms with Gasteiger partial charge in [-0.1, -0.05) is 0 Å². The first kappa shape index (κ1) is 10.8. The fourth-order valence-electron chi connectivity index (χ4n) is 1.41. The van der Waals surface area contributed by atoms with Gasteiger partial charge in [-0.25, -0.2) is 19.9 Å². The van der Waals surface area contributed by atoms with Gasteiger partial charge in [-0.3, -0.25) is 0 Å². The number of hydrogen-bond acceptors (Lipinski definition) is 6. The minimum atomic E-state index is 0.595. The molecule has 4 aromatic rings. The zero-order chi connectivity index (χ0) is 12.2. The van der Waals surface area contributed by atoms with Crippen LogP contribution < -0.4 is 0 Å². The van der Waals surface area contributed by atoms with Gasteiger partial charge in [0, 0.05) is 12.4 Å². The van der Waals surface area contributed by atoms with E-state index in [-0.39, 0.29) is 0 Å². The summed E-state index contributed by atoms with van der Waals surface area (Å²) in [4.78, 5) is 17.0. The standard InChI is InChI=1S/C6H4N2O.C6H4N2S/c2*1-2-5-6(7-3-1)9-4-8-5/h2*1-4H. The molecule has 0 unspecified atom stereocenters. The van der Waals surface area contributed by atoms with Crippen molar-refractivity contribution in [3.05, 3.63) is 48.6 Å². The van der Waals surface area contributed by atoms with E-state index in [4.69, 9.17) is 4.42 Å². The van der Waals surface area contributed by atoms with E-state index in [1.54, 1.807) is 29.2 Å². The molecule has 4 rings (SSSR count). The Morgan fingerprint density at radius 3 is 2.56 bits per heavy atom. The highest BCUT2D eigenvalue weighted by atomic mass is 32.1. The van der Waals surface area contributed by atoms with Gasteiger partial charge >= 0.3 is 0 Å². The van der Waals surface area contributed by atoms with Crippen LogP contribution in [0.15, 0.2) is 53.0 Å². The summed E-state index contributed by atoms with van der Waals surface area (Å²) in [6, 6.07) is 7.53. The van der Waals surface area contributed by atoms with Crippen LogP contribution in [0.4, 0.5) is 0 Å². The van der Waals surface area contributed by atoms with Crippen LogP contribution in [0.25, 0.3) is 21.6 Å². The first-order valence-corrected chi connectivity index (χ1v) is 6.10. The Kier molecular flexibility index (Phi) is 2.93. The Morgan fingerprint density at radius 2 is 1.72 bits per heavy atom. The van der Waals surface area contributed by atoms with Crippen LogP contribution in [0.2, 0.25) is 0 Å². The Hall–Kier alpha value is -2.34. The van der Waals surface area contributed by atoms with Crippen molar-refractivity contribution in [3.63, 3.8) is 0 Å². The summed E-state index contributed by atoms with van der Waals surface area (Å²) in [6.07, 6.45) is 4.84. The van der Waals surface area contributed by atoms with Crippen molar-refractivity contribution in [1.29, 1.82) is 0 Å². The number of hydrogen-bond donors (Lipinski definition) is 0. The zero-order valence-corrected chi connectivity index (χ0v) is 10.0. The molecule has 0 saturated carbocycles. The van der Waals surface area contributed by atoms with Gasteiger partial charge < -0.3 is 4.42 Å². The molecule has 0 aliphatic heterocycles. The molecule has 0 aliphatic rings. The number of pyridine rings is 2. The average molecular weight is 256 g/mol. The molecule has 4 heterocycles. The fraction of sp³-hybridized carbons (Fsp3) is 0. The third-order valence-corrected chi connectivity index (χ3v) is 2.96. The van der Waals surface area contributed by atoms with Crippen molar-refractivity contribution in [1.82, 2.24) is 19.9 Å². The lowest BCUT2D eigenvalue weighted by Gasteiger charge is -1.80. The molecule has 0 saturated heterocycles. The Bertz CT molecular complexity index is 638. The van der Waals surface area contributed by atoms with Crippen molar-refractivity contribution in [2.75, 3.05) is 0 Å². The van der Waals surface area contributed by atoms with Crippen molar-refractivity contribution in [2.45, 2.75) is 0 Å². The molecule has 5 nitrogen and oxygen atoms in total. The monoisotopic (exact) mass is 256 g/mol. The van der Waals surface area contributed by atoms with E-state index in [0.717, 1.165) is 15.9 Å². The van der Waals surface area contributed by atoms with Crippen LogP contribution in [0.1, 0.15) is 0 Å². The number of rotatable bonds is 0. The molecule has 4 aromatic heterocycles. The lowest BCUT2D eigenvalue weighted by atomic mass is 10.5. The number of aromatic nitrogens is 4. The molecule has 0 atom stereocenters. The van der Waals surface area contributed by atoms with Crippen LogP contribution in [0.5, 0.6) is 0 Å². The van der Waals surface area contributed by atoms with Gasteiger partial charge in [-0.2, -0.15) is 0 Å². The summed E-state index contributed by atoms with van der Waals surface area (Å²) in [5.74, 6) is 0. The molecule has 88 valence electrons. The molecular formula is C12H8N4OS. The maximum atomic E-state index is 4.90. The number of nitrogens with zero attached hydrogens (tertiary/aromatic N) is 4. The van der Waals surface area contributed by atoms with Crippen molar-refractivity contribution < 1.29 is 4.42 Å². The summed E-state index contributed by atoms with van der Waals surface area (Å²) in [5.41, 5.74) is 4.19. The maximum Gasteiger partial charge on any atom is 0.246 e. The lowest BCUT2D eigenvalue weighted by molar-refractivity contribution is 0.590. The minimum absolute atomic E-state index is 0.595. The van der Waals surface area contributed by atoms with Gasteiger partial charge in [0.25, 0.3) is 0 Å². The third-order valence-electron chi connectivity index (χ3n) is 2.21. The predicted molar refractivity (Wildman–Crippen MR) is 69.2 cm³/mol. The van der Waals surface area contributed by atoms with Gasteiger partial charge in [0.1, 0.15) is 10.3 Å². The van der Waals surface area contributed by atoms with Crippen molar-refractivity contribution in [2.24, 2.45) is 0 Å². The zero-order valence-electron chi connectivity index (χ0n) is 9.22. The second-order valence-electron chi connectivity index (χ2n) is 3.36. The Labute approximate surface area is 106 Å². The largest absolute Gasteiger partial charge is 0.425 e. The Balaban J connectivity index is 0.000000111. The SMILES string of the molecule is c1cnc2ocnc2c1.c1cnc2scnc2c1. The fourth-order valence-corrected chi connectivity index (χ4v) is 2.04. The van der Waals surface area contributed by atoms with E-state index in [1.165, 1.54) is 6.39 Å². The number of oxazole rings is 1. The molecule has 18 heavy (non-hydrogen) atoms. The van der Waals surface area contributed by atoms with E-state index in [0.29, 0.717) is 5.71 Å². The van der Waals surface area contributed by atoms with Gasteiger partial charge in [0.15, 0.2) is 6.39 Å². The highest BCUT2D eigenvalue weighted by Crippen LogP contribution is 2.12. The second kappa shape index (κ2) is 4.89. The van der Waals surface area contributed by atoms with Crippen LogP contribution in [-0.2, 0) is 0 Å². The quantitative estimate of drug-likeness (QED) is 0.484. The van der Waals surface area contributed by atoms with Crippen LogP contribution in [0.3, 0.4) is 0 Å². The highest BCUT2D eigenvalue weighted by Gasteiger charge is 1.93. The van der Waals surface area contributed by atoms with Crippen LogP contribution in [-0.4, -0.2) is 19.9 Å². The molecule has 0 spiro atoms. The van der Waals surface area contributed by atoms with Crippen molar-refractivity contribution in [3.8, 4) is 0 Å². The minimum Gasteiger partial charge on any atom is -0.425 e. The normalized spacial score (nSPS) is 10.2. The summed E-state index contributed by atoms with van der Waals surface area (Å²) in [5, 5.41) is 0. The van der Waals surface area contributed by atoms with Gasteiger partial charge in [-0.15, -0.1) is 11.3 Å². The van der Waals surface area contributed by atoms with E-state index in [2.05, 4.69) is 19.9 Å². The lowest BCUT2D eigenvalue weighted by Crippen LogP contribution is -1.69. The van der Waals surface area contributed by atoms with Gasteiger partial charge in [-0.05, 0) is 24.3 Å². The molecule has 0 radical (unpaired) electrons. The molecule has 6 heteroatoms. The third kappa shape index (κ3) is 2.18. The topological polar surface area (TPSA) is 64.7 Å². The number of fused-ring (bicyclic) bond motifs is 2. The van der Waals surface area contributed by atoms with Gasteiger partial charge in [0.2, 0.25) is 5.71 Å². The molecule has 0 aromatic carbocycles. The molecule has 0 fully saturated rings. The molecule has 0 amide bonds. The van der Waals surface area contributed by atoms with E-state index in [9.17, 15) is 0 Å². The average Bonchev–Trinajstić information content (AvgIpc) is 3.08. The summed E-state index contributed by atoms with van der Waals surface area (Å²) < 4.78 is 4.90. The van der Waals surface area contributed by atoms with Crippen LogP contribution in [0, 0.1) is 0 Å². The molecule has 0 N–H and O–H groups in total. The summed E-state index contributed by atoms with van der Waals surface area (Å²) in [6.45, 7) is 0. The molecule has 0 aliphatic carbocycles. The first-order chi connectivity index (χ1) is 8.93. The Morgan fingerprint density at radius 1 is 0.889 bits per heavy atom. The second-order valence-corrected chi connectivity index (χ2v) is 4.19. The van der Waals surface area contributed by atoms with E-state index < -0.39 is 0 Å². The summed E-state index contributed by atoms with van der Waals surface area (Å²) >= 11 is 1.57. The first-order valence-electron chi connectivity index (χ1n) is 5.22.